The van der Waals surface area contributed by atoms with Crippen LogP contribution in [0.15, 0.2) is 18.2 Å². The normalized spacial score (nSPS) is 25.8. The number of fused-ring (bicyclic) bond motifs is 3. The predicted molar refractivity (Wildman–Crippen MR) is 70.8 cm³/mol. The van der Waals surface area contributed by atoms with Crippen molar-refractivity contribution in [3.8, 4) is 11.5 Å². The Morgan fingerprint density at radius 3 is 3.06 bits per heavy atom. The SMILES string of the molecule is COc1cccc2c1OCCC1NCCOC21.Cl. The molecule has 18 heavy (non-hydrogen) atoms. The summed E-state index contributed by atoms with van der Waals surface area (Å²) in [6.45, 7) is 2.36. The number of para-hydroxylation sites is 1. The molecule has 0 spiro atoms. The summed E-state index contributed by atoms with van der Waals surface area (Å²) in [5.41, 5.74) is 1.10. The molecule has 0 radical (unpaired) electrons. The number of benzene rings is 1. The van der Waals surface area contributed by atoms with Crippen molar-refractivity contribution in [1.29, 1.82) is 0 Å². The van der Waals surface area contributed by atoms with E-state index in [9.17, 15) is 0 Å². The third-order valence-electron chi connectivity index (χ3n) is 3.38. The summed E-state index contributed by atoms with van der Waals surface area (Å²) in [6.07, 6.45) is 1.04. The minimum absolute atomic E-state index is 0. The zero-order valence-corrected chi connectivity index (χ0v) is 11.2. The Hall–Kier alpha value is -0.970. The maximum Gasteiger partial charge on any atom is 0.166 e. The molecule has 2 unspecified atom stereocenters. The second kappa shape index (κ2) is 5.78. The Kier molecular flexibility index (Phi) is 4.32. The highest BCUT2D eigenvalue weighted by molar-refractivity contribution is 5.85. The Morgan fingerprint density at radius 2 is 2.22 bits per heavy atom. The van der Waals surface area contributed by atoms with Crippen LogP contribution >= 0.6 is 12.4 Å². The lowest BCUT2D eigenvalue weighted by Crippen LogP contribution is -2.43. The molecule has 0 saturated carbocycles. The fourth-order valence-electron chi connectivity index (χ4n) is 2.57. The molecule has 2 heterocycles. The van der Waals surface area contributed by atoms with Gasteiger partial charge in [-0.3, -0.25) is 0 Å². The first kappa shape index (κ1) is 13.5. The van der Waals surface area contributed by atoms with E-state index >= 15 is 0 Å². The molecule has 1 fully saturated rings. The minimum Gasteiger partial charge on any atom is -0.493 e. The zero-order valence-electron chi connectivity index (χ0n) is 10.3. The average Bonchev–Trinajstić information content (AvgIpc) is 2.58. The maximum atomic E-state index is 5.89. The highest BCUT2D eigenvalue weighted by atomic mass is 35.5. The van der Waals surface area contributed by atoms with Gasteiger partial charge in [0.05, 0.1) is 20.3 Å². The quantitative estimate of drug-likeness (QED) is 0.847. The van der Waals surface area contributed by atoms with Crippen LogP contribution in [0.1, 0.15) is 18.1 Å². The number of ether oxygens (including phenoxy) is 3. The van der Waals surface area contributed by atoms with Gasteiger partial charge in [-0.15, -0.1) is 12.4 Å². The minimum atomic E-state index is 0. The van der Waals surface area contributed by atoms with Crippen molar-refractivity contribution < 1.29 is 14.2 Å². The lowest BCUT2D eigenvalue weighted by Gasteiger charge is -2.31. The molecule has 0 bridgehead atoms. The predicted octanol–water partition coefficient (Wildman–Crippen LogP) is 1.93. The lowest BCUT2D eigenvalue weighted by molar-refractivity contribution is -0.00587. The number of hydrogen-bond acceptors (Lipinski definition) is 4. The number of nitrogens with one attached hydrogen (secondary N) is 1. The maximum absolute atomic E-state index is 5.89. The van der Waals surface area contributed by atoms with Crippen LogP contribution in [0.4, 0.5) is 0 Å². The lowest BCUT2D eigenvalue weighted by atomic mass is 9.98. The standard InChI is InChI=1S/C13H17NO3.ClH/c1-15-11-4-2-3-9-12-10(14-6-8-17-12)5-7-16-13(9)11;/h2-4,10,12,14H,5-8H2,1H3;1H. The molecule has 0 aliphatic carbocycles. The van der Waals surface area contributed by atoms with E-state index in [1.807, 2.05) is 12.1 Å². The van der Waals surface area contributed by atoms with E-state index < -0.39 is 0 Å². The van der Waals surface area contributed by atoms with Gasteiger partial charge in [0.15, 0.2) is 11.5 Å². The molecule has 1 N–H and O–H groups in total. The van der Waals surface area contributed by atoms with Crippen LogP contribution in [0.5, 0.6) is 11.5 Å². The Bertz CT molecular complexity index is 413. The summed E-state index contributed by atoms with van der Waals surface area (Å²) >= 11 is 0. The largest absolute Gasteiger partial charge is 0.493 e. The van der Waals surface area contributed by atoms with E-state index in [1.54, 1.807) is 7.11 Å². The second-order valence-electron chi connectivity index (χ2n) is 4.37. The van der Waals surface area contributed by atoms with Crippen LogP contribution in [0.3, 0.4) is 0 Å². The summed E-state index contributed by atoms with van der Waals surface area (Å²) in [7, 11) is 1.67. The average molecular weight is 272 g/mol. The van der Waals surface area contributed by atoms with Crippen molar-refractivity contribution in [2.75, 3.05) is 26.9 Å². The van der Waals surface area contributed by atoms with Gasteiger partial charge in [-0.05, 0) is 12.5 Å². The summed E-state index contributed by atoms with van der Waals surface area (Å²) < 4.78 is 17.1. The molecule has 2 atom stereocenters. The van der Waals surface area contributed by atoms with Gasteiger partial charge >= 0.3 is 0 Å². The summed E-state index contributed by atoms with van der Waals surface area (Å²) in [6, 6.07) is 6.32. The fraction of sp³-hybridized carbons (Fsp3) is 0.538. The smallest absolute Gasteiger partial charge is 0.166 e. The Balaban J connectivity index is 0.00000120. The molecule has 0 amide bonds. The molecule has 1 saturated heterocycles. The van der Waals surface area contributed by atoms with Crippen molar-refractivity contribution in [3.05, 3.63) is 23.8 Å². The Morgan fingerprint density at radius 1 is 1.33 bits per heavy atom. The van der Waals surface area contributed by atoms with Crippen molar-refractivity contribution in [1.82, 2.24) is 5.32 Å². The molecule has 4 nitrogen and oxygen atoms in total. The molecule has 3 rings (SSSR count). The van der Waals surface area contributed by atoms with Crippen molar-refractivity contribution in [2.45, 2.75) is 18.6 Å². The third-order valence-corrected chi connectivity index (χ3v) is 3.38. The highest BCUT2D eigenvalue weighted by Crippen LogP contribution is 2.40. The molecule has 5 heteroatoms. The van der Waals surface area contributed by atoms with E-state index in [0.717, 1.165) is 36.6 Å². The van der Waals surface area contributed by atoms with Crippen LogP contribution in [-0.4, -0.2) is 32.9 Å². The highest BCUT2D eigenvalue weighted by Gasteiger charge is 2.32. The molecule has 1 aromatic rings. The van der Waals surface area contributed by atoms with Crippen molar-refractivity contribution in [2.24, 2.45) is 0 Å². The van der Waals surface area contributed by atoms with Gasteiger partial charge < -0.3 is 19.5 Å². The van der Waals surface area contributed by atoms with Crippen LogP contribution in [0.25, 0.3) is 0 Å². The molecule has 100 valence electrons. The van der Waals surface area contributed by atoms with Crippen molar-refractivity contribution in [3.63, 3.8) is 0 Å². The fourth-order valence-corrected chi connectivity index (χ4v) is 2.57. The monoisotopic (exact) mass is 271 g/mol. The first-order valence-corrected chi connectivity index (χ1v) is 6.05. The second-order valence-corrected chi connectivity index (χ2v) is 4.37. The summed E-state index contributed by atoms with van der Waals surface area (Å²) in [5.74, 6) is 1.63. The van der Waals surface area contributed by atoms with Crippen LogP contribution < -0.4 is 14.8 Å². The number of methoxy groups -OCH3 is 1. The number of hydrogen-bond donors (Lipinski definition) is 1. The van der Waals surface area contributed by atoms with Gasteiger partial charge in [0.2, 0.25) is 0 Å². The molecule has 2 aliphatic rings. The molecule has 2 aliphatic heterocycles. The van der Waals surface area contributed by atoms with E-state index in [-0.39, 0.29) is 18.5 Å². The number of halogens is 1. The molecular formula is C13H18ClNO3. The van der Waals surface area contributed by atoms with E-state index in [2.05, 4.69) is 11.4 Å². The van der Waals surface area contributed by atoms with Gasteiger partial charge in [-0.1, -0.05) is 12.1 Å². The summed E-state index contributed by atoms with van der Waals surface area (Å²) in [4.78, 5) is 0. The van der Waals surface area contributed by atoms with Crippen molar-refractivity contribution >= 4 is 12.4 Å². The van der Waals surface area contributed by atoms with Gasteiger partial charge in [0.25, 0.3) is 0 Å². The third kappa shape index (κ3) is 2.28. The van der Waals surface area contributed by atoms with Gasteiger partial charge in [-0.2, -0.15) is 0 Å². The number of rotatable bonds is 1. The van der Waals surface area contributed by atoms with Crippen LogP contribution in [0.2, 0.25) is 0 Å². The molecule has 0 aromatic heterocycles. The van der Waals surface area contributed by atoms with E-state index in [4.69, 9.17) is 14.2 Å². The first-order chi connectivity index (χ1) is 8.40. The Labute approximate surface area is 113 Å². The first-order valence-electron chi connectivity index (χ1n) is 6.05. The topological polar surface area (TPSA) is 39.7 Å². The zero-order chi connectivity index (χ0) is 11.7. The summed E-state index contributed by atoms with van der Waals surface area (Å²) in [5, 5.41) is 3.49. The molecule has 1 aromatic carbocycles. The van der Waals surface area contributed by atoms with Gasteiger partial charge in [0.1, 0.15) is 6.10 Å². The van der Waals surface area contributed by atoms with E-state index in [1.165, 1.54) is 0 Å². The number of morpholine rings is 1. The van der Waals surface area contributed by atoms with E-state index in [0.29, 0.717) is 12.6 Å². The van der Waals surface area contributed by atoms with Gasteiger partial charge in [-0.25, -0.2) is 0 Å². The van der Waals surface area contributed by atoms with Crippen LogP contribution in [-0.2, 0) is 4.74 Å². The van der Waals surface area contributed by atoms with Crippen LogP contribution in [0, 0.1) is 0 Å². The van der Waals surface area contributed by atoms with Gasteiger partial charge in [0, 0.05) is 18.2 Å². The molecular weight excluding hydrogens is 254 g/mol.